The zero-order valence-corrected chi connectivity index (χ0v) is 12.1. The Bertz CT molecular complexity index is 826. The summed E-state index contributed by atoms with van der Waals surface area (Å²) in [4.78, 5) is 11.2. The third-order valence-corrected chi connectivity index (χ3v) is 3.59. The van der Waals surface area contributed by atoms with Gasteiger partial charge in [0, 0.05) is 4.47 Å². The molecule has 0 fully saturated rings. The first kappa shape index (κ1) is 12.8. The SMILES string of the molecule is Cc1cc(Br)ccc1-n1nnc2c(C(=O)O)cccc21. The smallest absolute Gasteiger partial charge is 0.338 e. The Hall–Kier alpha value is -2.21. The molecule has 1 aromatic heterocycles. The van der Waals surface area contributed by atoms with Crippen LogP contribution < -0.4 is 0 Å². The van der Waals surface area contributed by atoms with Crippen molar-refractivity contribution in [3.8, 4) is 5.69 Å². The predicted octanol–water partition coefficient (Wildman–Crippen LogP) is 3.19. The van der Waals surface area contributed by atoms with Crippen LogP contribution in [0.2, 0.25) is 0 Å². The van der Waals surface area contributed by atoms with Crippen LogP contribution in [-0.4, -0.2) is 26.1 Å². The number of carbonyl (C=O) groups is 1. The van der Waals surface area contributed by atoms with Gasteiger partial charge in [-0.25, -0.2) is 9.48 Å². The van der Waals surface area contributed by atoms with E-state index in [1.807, 2.05) is 31.2 Å². The van der Waals surface area contributed by atoms with Gasteiger partial charge in [-0.05, 0) is 42.8 Å². The Morgan fingerprint density at radius 1 is 1.30 bits per heavy atom. The predicted molar refractivity (Wildman–Crippen MR) is 78.3 cm³/mol. The molecule has 2 aromatic carbocycles. The summed E-state index contributed by atoms with van der Waals surface area (Å²) in [6.07, 6.45) is 0. The van der Waals surface area contributed by atoms with Crippen molar-refractivity contribution in [1.29, 1.82) is 0 Å². The van der Waals surface area contributed by atoms with E-state index in [9.17, 15) is 9.90 Å². The monoisotopic (exact) mass is 331 g/mol. The summed E-state index contributed by atoms with van der Waals surface area (Å²) in [6.45, 7) is 1.97. The van der Waals surface area contributed by atoms with Gasteiger partial charge in [-0.3, -0.25) is 0 Å². The summed E-state index contributed by atoms with van der Waals surface area (Å²) >= 11 is 3.42. The van der Waals surface area contributed by atoms with E-state index in [2.05, 4.69) is 26.2 Å². The summed E-state index contributed by atoms with van der Waals surface area (Å²) in [6, 6.07) is 10.8. The van der Waals surface area contributed by atoms with Crippen LogP contribution in [0.25, 0.3) is 16.7 Å². The Morgan fingerprint density at radius 2 is 2.10 bits per heavy atom. The standard InChI is InChI=1S/C14H10BrN3O2/c1-8-7-9(15)5-6-11(8)18-12-4-2-3-10(14(19)20)13(12)16-17-18/h2-7H,1H3,(H,19,20). The molecule has 0 aliphatic heterocycles. The first-order valence-corrected chi connectivity index (χ1v) is 6.71. The van der Waals surface area contributed by atoms with E-state index in [0.717, 1.165) is 15.7 Å². The molecule has 0 radical (unpaired) electrons. The lowest BCUT2D eigenvalue weighted by molar-refractivity contribution is 0.0699. The molecule has 0 atom stereocenters. The molecule has 5 nitrogen and oxygen atoms in total. The minimum Gasteiger partial charge on any atom is -0.478 e. The number of carboxylic acids is 1. The largest absolute Gasteiger partial charge is 0.478 e. The van der Waals surface area contributed by atoms with Gasteiger partial charge in [0.25, 0.3) is 0 Å². The fourth-order valence-corrected chi connectivity index (χ4v) is 2.63. The Labute approximate surface area is 123 Å². The molecule has 100 valence electrons. The number of hydrogen-bond acceptors (Lipinski definition) is 3. The van der Waals surface area contributed by atoms with Crippen molar-refractivity contribution in [3.63, 3.8) is 0 Å². The number of aromatic carboxylic acids is 1. The molecule has 20 heavy (non-hydrogen) atoms. The minimum absolute atomic E-state index is 0.156. The summed E-state index contributed by atoms with van der Waals surface area (Å²) < 4.78 is 2.64. The second-order valence-corrected chi connectivity index (χ2v) is 5.33. The Balaban J connectivity index is 2.28. The molecule has 0 amide bonds. The molecule has 1 N–H and O–H groups in total. The zero-order chi connectivity index (χ0) is 14.3. The topological polar surface area (TPSA) is 68.0 Å². The van der Waals surface area contributed by atoms with Crippen LogP contribution in [0.5, 0.6) is 0 Å². The molecule has 0 spiro atoms. The number of benzene rings is 2. The van der Waals surface area contributed by atoms with Crippen molar-refractivity contribution in [3.05, 3.63) is 52.0 Å². The maximum Gasteiger partial charge on any atom is 0.338 e. The van der Waals surface area contributed by atoms with Crippen molar-refractivity contribution >= 4 is 32.9 Å². The number of fused-ring (bicyclic) bond motifs is 1. The first-order chi connectivity index (χ1) is 9.58. The molecule has 3 rings (SSSR count). The third-order valence-electron chi connectivity index (χ3n) is 3.09. The number of halogens is 1. The number of hydrogen-bond donors (Lipinski definition) is 1. The van der Waals surface area contributed by atoms with Gasteiger partial charge in [0.1, 0.15) is 5.52 Å². The van der Waals surface area contributed by atoms with Crippen molar-refractivity contribution < 1.29 is 9.90 Å². The van der Waals surface area contributed by atoms with Gasteiger partial charge in [-0.2, -0.15) is 0 Å². The molecular formula is C14H10BrN3O2. The van der Waals surface area contributed by atoms with E-state index in [4.69, 9.17) is 0 Å². The molecule has 0 aliphatic rings. The fraction of sp³-hybridized carbons (Fsp3) is 0.0714. The maximum atomic E-state index is 11.2. The van der Waals surface area contributed by atoms with Gasteiger partial charge < -0.3 is 5.11 Å². The second-order valence-electron chi connectivity index (χ2n) is 4.41. The van der Waals surface area contributed by atoms with E-state index in [1.165, 1.54) is 6.07 Å². The minimum atomic E-state index is -1.00. The van der Waals surface area contributed by atoms with Gasteiger partial charge in [0.15, 0.2) is 0 Å². The summed E-state index contributed by atoms with van der Waals surface area (Å²) in [7, 11) is 0. The highest BCUT2D eigenvalue weighted by Gasteiger charge is 2.15. The van der Waals surface area contributed by atoms with Gasteiger partial charge >= 0.3 is 5.97 Å². The average molecular weight is 332 g/mol. The average Bonchev–Trinajstić information content (AvgIpc) is 2.82. The van der Waals surface area contributed by atoms with Crippen molar-refractivity contribution in [2.24, 2.45) is 0 Å². The van der Waals surface area contributed by atoms with Crippen LogP contribution in [0.4, 0.5) is 0 Å². The van der Waals surface area contributed by atoms with Gasteiger partial charge in [0.05, 0.1) is 16.8 Å². The number of carboxylic acid groups (broad SMARTS) is 1. The summed E-state index contributed by atoms with van der Waals surface area (Å²) in [5, 5.41) is 17.3. The first-order valence-electron chi connectivity index (χ1n) is 5.92. The molecule has 0 unspecified atom stereocenters. The summed E-state index contributed by atoms with van der Waals surface area (Å²) in [5.74, 6) is -1.00. The van der Waals surface area contributed by atoms with Crippen molar-refractivity contribution in [2.45, 2.75) is 6.92 Å². The number of nitrogens with zero attached hydrogens (tertiary/aromatic N) is 3. The van der Waals surface area contributed by atoms with Crippen LogP contribution in [0.15, 0.2) is 40.9 Å². The molecule has 3 aromatic rings. The fourth-order valence-electron chi connectivity index (χ4n) is 2.15. The Morgan fingerprint density at radius 3 is 2.80 bits per heavy atom. The van der Waals surface area contributed by atoms with Crippen LogP contribution in [0, 0.1) is 6.92 Å². The van der Waals surface area contributed by atoms with Gasteiger partial charge in [0.2, 0.25) is 0 Å². The number of rotatable bonds is 2. The van der Waals surface area contributed by atoms with Crippen molar-refractivity contribution in [1.82, 2.24) is 15.0 Å². The molecule has 0 saturated carbocycles. The molecule has 0 saturated heterocycles. The number of aryl methyl sites for hydroxylation is 1. The van der Waals surface area contributed by atoms with Crippen LogP contribution in [-0.2, 0) is 0 Å². The highest BCUT2D eigenvalue weighted by atomic mass is 79.9. The normalized spacial score (nSPS) is 10.9. The lowest BCUT2D eigenvalue weighted by Gasteiger charge is -2.06. The van der Waals surface area contributed by atoms with E-state index < -0.39 is 5.97 Å². The number of aromatic nitrogens is 3. The highest BCUT2D eigenvalue weighted by molar-refractivity contribution is 9.10. The second kappa shape index (κ2) is 4.72. The van der Waals surface area contributed by atoms with Crippen LogP contribution >= 0.6 is 15.9 Å². The lowest BCUT2D eigenvalue weighted by atomic mass is 10.1. The molecule has 6 heteroatoms. The van der Waals surface area contributed by atoms with Gasteiger partial charge in [-0.15, -0.1) is 5.10 Å². The molecular weight excluding hydrogens is 322 g/mol. The van der Waals surface area contributed by atoms with Crippen LogP contribution in [0.3, 0.4) is 0 Å². The van der Waals surface area contributed by atoms with E-state index in [0.29, 0.717) is 11.0 Å². The third kappa shape index (κ3) is 1.98. The summed E-state index contributed by atoms with van der Waals surface area (Å²) in [5.41, 5.74) is 3.12. The molecule has 0 aliphatic carbocycles. The zero-order valence-electron chi connectivity index (χ0n) is 10.5. The van der Waals surface area contributed by atoms with Crippen LogP contribution in [0.1, 0.15) is 15.9 Å². The highest BCUT2D eigenvalue weighted by Crippen LogP contribution is 2.23. The quantitative estimate of drug-likeness (QED) is 0.783. The Kier molecular flexibility index (Phi) is 3.02. The van der Waals surface area contributed by atoms with Crippen molar-refractivity contribution in [2.75, 3.05) is 0 Å². The lowest BCUT2D eigenvalue weighted by Crippen LogP contribution is -2.00. The van der Waals surface area contributed by atoms with E-state index in [-0.39, 0.29) is 5.56 Å². The van der Waals surface area contributed by atoms with E-state index in [1.54, 1.807) is 10.7 Å². The molecule has 1 heterocycles. The van der Waals surface area contributed by atoms with Gasteiger partial charge in [-0.1, -0.05) is 27.2 Å². The van der Waals surface area contributed by atoms with E-state index >= 15 is 0 Å². The maximum absolute atomic E-state index is 11.2. The molecule has 0 bridgehead atoms.